The summed E-state index contributed by atoms with van der Waals surface area (Å²) in [7, 11) is 1.89. The highest BCUT2D eigenvalue weighted by molar-refractivity contribution is 5.90. The van der Waals surface area contributed by atoms with E-state index in [1.807, 2.05) is 24.1 Å². The van der Waals surface area contributed by atoms with E-state index in [1.165, 1.54) is 5.56 Å². The zero-order valence-electron chi connectivity index (χ0n) is 15.1. The van der Waals surface area contributed by atoms with Gasteiger partial charge in [0, 0.05) is 43.7 Å². The summed E-state index contributed by atoms with van der Waals surface area (Å²) in [6.45, 7) is 0.619. The van der Waals surface area contributed by atoms with Crippen molar-refractivity contribution in [3.63, 3.8) is 0 Å². The van der Waals surface area contributed by atoms with Crippen LogP contribution < -0.4 is 5.32 Å². The highest BCUT2D eigenvalue weighted by Gasteiger charge is 2.35. The molecule has 5 rings (SSSR count). The van der Waals surface area contributed by atoms with Gasteiger partial charge < -0.3 is 9.88 Å². The van der Waals surface area contributed by atoms with Gasteiger partial charge in [0.2, 0.25) is 0 Å². The first-order valence-electron chi connectivity index (χ1n) is 9.27. The lowest BCUT2D eigenvalue weighted by Gasteiger charge is -2.35. The molecule has 27 heavy (non-hydrogen) atoms. The molecule has 0 fully saturated rings. The number of anilines is 1. The number of urea groups is 1. The first kappa shape index (κ1) is 16.0. The number of aromatic nitrogens is 5. The van der Waals surface area contributed by atoms with Crippen LogP contribution in [-0.4, -0.2) is 42.2 Å². The molecule has 3 aromatic heterocycles. The van der Waals surface area contributed by atoms with E-state index in [0.717, 1.165) is 54.1 Å². The number of carbonyl (C=O) groups excluding carboxylic acids is 1. The van der Waals surface area contributed by atoms with Crippen molar-refractivity contribution in [3.8, 4) is 0 Å². The van der Waals surface area contributed by atoms with E-state index in [9.17, 15) is 4.79 Å². The van der Waals surface area contributed by atoms with Crippen molar-refractivity contribution in [2.45, 2.75) is 31.7 Å². The molecule has 8 heteroatoms. The lowest BCUT2D eigenvalue weighted by molar-refractivity contribution is 0.192. The van der Waals surface area contributed by atoms with E-state index in [1.54, 1.807) is 23.4 Å². The second-order valence-corrected chi connectivity index (χ2v) is 7.07. The number of nitrogens with zero attached hydrogens (tertiary/aromatic N) is 5. The van der Waals surface area contributed by atoms with Gasteiger partial charge in [-0.25, -0.2) is 9.78 Å². The van der Waals surface area contributed by atoms with Crippen LogP contribution in [0.3, 0.4) is 0 Å². The monoisotopic (exact) mass is 363 g/mol. The van der Waals surface area contributed by atoms with E-state index in [4.69, 9.17) is 0 Å². The highest BCUT2D eigenvalue weighted by Crippen LogP contribution is 2.34. The van der Waals surface area contributed by atoms with Crippen LogP contribution in [0.15, 0.2) is 30.9 Å². The largest absolute Gasteiger partial charge is 0.348 e. The van der Waals surface area contributed by atoms with Crippen molar-refractivity contribution >= 4 is 11.8 Å². The topological polar surface area (TPSA) is 91.7 Å². The molecule has 4 heterocycles. The van der Waals surface area contributed by atoms with E-state index in [0.29, 0.717) is 6.54 Å². The summed E-state index contributed by atoms with van der Waals surface area (Å²) >= 11 is 0. The maximum atomic E-state index is 13.3. The summed E-state index contributed by atoms with van der Waals surface area (Å²) in [4.78, 5) is 26.9. The molecule has 0 saturated heterocycles. The third-order valence-corrected chi connectivity index (χ3v) is 5.50. The summed E-state index contributed by atoms with van der Waals surface area (Å²) in [5.41, 5.74) is 5.26. The average molecular weight is 363 g/mol. The van der Waals surface area contributed by atoms with Crippen LogP contribution in [-0.2, 0) is 26.3 Å². The molecule has 0 bridgehead atoms. The minimum Gasteiger partial charge on any atom is -0.348 e. The lowest BCUT2D eigenvalue weighted by atomic mass is 9.97. The van der Waals surface area contributed by atoms with Crippen LogP contribution in [0.1, 0.15) is 40.7 Å². The second-order valence-electron chi connectivity index (χ2n) is 7.07. The van der Waals surface area contributed by atoms with Gasteiger partial charge in [-0.1, -0.05) is 0 Å². The second kappa shape index (κ2) is 6.22. The molecule has 0 unspecified atom stereocenters. The number of aromatic amines is 1. The van der Waals surface area contributed by atoms with Crippen LogP contribution in [0.25, 0.3) is 0 Å². The average Bonchev–Trinajstić information content (AvgIpc) is 3.39. The maximum absolute atomic E-state index is 13.3. The van der Waals surface area contributed by atoms with Crippen LogP contribution >= 0.6 is 0 Å². The van der Waals surface area contributed by atoms with Crippen molar-refractivity contribution in [1.82, 2.24) is 29.6 Å². The van der Waals surface area contributed by atoms with E-state index in [-0.39, 0.29) is 12.1 Å². The fourth-order valence-electron chi connectivity index (χ4n) is 4.23. The smallest absolute Gasteiger partial charge is 0.323 e. The highest BCUT2D eigenvalue weighted by atomic mass is 16.2. The molecule has 0 radical (unpaired) electrons. The number of imidazole rings is 1. The summed E-state index contributed by atoms with van der Waals surface area (Å²) in [5.74, 6) is 0.814. The van der Waals surface area contributed by atoms with Gasteiger partial charge >= 0.3 is 6.03 Å². The van der Waals surface area contributed by atoms with Crippen LogP contribution in [0.4, 0.5) is 10.6 Å². The third kappa shape index (κ3) is 2.59. The van der Waals surface area contributed by atoms with Gasteiger partial charge in [-0.2, -0.15) is 5.10 Å². The molecule has 0 spiro atoms. The number of hydrogen-bond donors (Lipinski definition) is 2. The summed E-state index contributed by atoms with van der Waals surface area (Å²) < 4.78 is 1.78. The number of fused-ring (bicyclic) bond motifs is 2. The standard InChI is InChI=1S/C19H21N7O/c1-25-18(13-3-2-4-14(13)24-25)23-19(27)26-10-7-15-16(22-11-21-15)17(26)12-5-8-20-9-6-12/h5-6,8-9,11,17H,2-4,7,10H2,1H3,(H,21,22)(H,23,27)/t17-/m0/s1. The summed E-state index contributed by atoms with van der Waals surface area (Å²) in [6, 6.07) is 3.53. The van der Waals surface area contributed by atoms with E-state index >= 15 is 0 Å². The Kier molecular flexibility index (Phi) is 3.70. The molecule has 1 aliphatic heterocycles. The number of hydrogen-bond acceptors (Lipinski definition) is 4. The number of nitrogens with one attached hydrogen (secondary N) is 2. The lowest BCUT2D eigenvalue weighted by Crippen LogP contribution is -2.43. The number of pyridine rings is 1. The third-order valence-electron chi connectivity index (χ3n) is 5.50. The van der Waals surface area contributed by atoms with Gasteiger partial charge in [0.15, 0.2) is 0 Å². The Morgan fingerprint density at radius 1 is 1.26 bits per heavy atom. The molecule has 3 aromatic rings. The molecule has 0 saturated carbocycles. The molecule has 2 N–H and O–H groups in total. The Morgan fingerprint density at radius 3 is 2.96 bits per heavy atom. The van der Waals surface area contributed by atoms with E-state index in [2.05, 4.69) is 25.4 Å². The number of aryl methyl sites for hydroxylation is 2. The maximum Gasteiger partial charge on any atom is 0.323 e. The van der Waals surface area contributed by atoms with Crippen molar-refractivity contribution in [3.05, 3.63) is 59.1 Å². The Hall–Kier alpha value is -3.16. The van der Waals surface area contributed by atoms with Crippen molar-refractivity contribution < 1.29 is 4.79 Å². The van der Waals surface area contributed by atoms with Gasteiger partial charge in [0.1, 0.15) is 11.9 Å². The molecule has 1 atom stereocenters. The number of amides is 2. The Labute approximate surface area is 156 Å². The molecular weight excluding hydrogens is 342 g/mol. The molecule has 2 aliphatic rings. The zero-order valence-corrected chi connectivity index (χ0v) is 15.1. The number of carbonyl (C=O) groups is 1. The number of H-pyrrole nitrogens is 1. The first-order chi connectivity index (χ1) is 13.2. The Morgan fingerprint density at radius 2 is 2.11 bits per heavy atom. The quantitative estimate of drug-likeness (QED) is 0.730. The molecule has 0 aromatic carbocycles. The van der Waals surface area contributed by atoms with Crippen LogP contribution in [0.2, 0.25) is 0 Å². The van der Waals surface area contributed by atoms with Gasteiger partial charge in [-0.05, 0) is 37.0 Å². The molecule has 138 valence electrons. The number of rotatable bonds is 2. The van der Waals surface area contributed by atoms with Gasteiger partial charge in [-0.3, -0.25) is 15.0 Å². The summed E-state index contributed by atoms with van der Waals surface area (Å²) in [6.07, 6.45) is 9.01. The van der Waals surface area contributed by atoms with Crippen LogP contribution in [0.5, 0.6) is 0 Å². The predicted octanol–water partition coefficient (Wildman–Crippen LogP) is 2.21. The zero-order chi connectivity index (χ0) is 18.4. The van der Waals surface area contributed by atoms with E-state index < -0.39 is 0 Å². The molecule has 1 aliphatic carbocycles. The van der Waals surface area contributed by atoms with Gasteiger partial charge in [-0.15, -0.1) is 0 Å². The molecule has 8 nitrogen and oxygen atoms in total. The fourth-order valence-corrected chi connectivity index (χ4v) is 4.23. The minimum atomic E-state index is -0.232. The SMILES string of the molecule is Cn1nc2c(c1NC(=O)N1CCc3[nH]cnc3[C@@H]1c1ccncc1)CCC2. The normalized spacial score (nSPS) is 18.3. The molecule has 2 amide bonds. The molecular formula is C19H21N7O. The van der Waals surface area contributed by atoms with Crippen molar-refractivity contribution in [1.29, 1.82) is 0 Å². The van der Waals surface area contributed by atoms with Gasteiger partial charge in [0.25, 0.3) is 0 Å². The minimum absolute atomic E-state index is 0.122. The summed E-state index contributed by atoms with van der Waals surface area (Å²) in [5, 5.41) is 7.67. The Bertz CT molecular complexity index is 991. The Balaban J connectivity index is 1.49. The van der Waals surface area contributed by atoms with Gasteiger partial charge in [0.05, 0.1) is 17.7 Å². The van der Waals surface area contributed by atoms with Crippen molar-refractivity contribution in [2.75, 3.05) is 11.9 Å². The fraction of sp³-hybridized carbons (Fsp3) is 0.368. The predicted molar refractivity (Wildman–Crippen MR) is 99.3 cm³/mol. The van der Waals surface area contributed by atoms with Crippen molar-refractivity contribution in [2.24, 2.45) is 7.05 Å². The van der Waals surface area contributed by atoms with Crippen LogP contribution in [0, 0.1) is 0 Å². The first-order valence-corrected chi connectivity index (χ1v) is 9.27.